The molecule has 3 heterocycles. The molecule has 5 heteroatoms. The summed E-state index contributed by atoms with van der Waals surface area (Å²) in [5.74, 6) is 2.70. The number of hydrogen-bond donors (Lipinski definition) is 1. The maximum Gasteiger partial charge on any atom is 0.195 e. The number of nitrogens with zero attached hydrogens (tertiary/aromatic N) is 3. The van der Waals surface area contributed by atoms with Gasteiger partial charge in [-0.05, 0) is 24.8 Å². The molecular weight excluding hydrogens is 268 g/mol. The summed E-state index contributed by atoms with van der Waals surface area (Å²) in [5.41, 5.74) is 1.31. The molecule has 1 fully saturated rings. The molecule has 4 nitrogen and oxygen atoms in total. The third kappa shape index (κ3) is 2.56. The molecule has 0 bridgehead atoms. The molecule has 0 aliphatic carbocycles. The SMILES string of the molecule is CCNCc1c(N2CC(C)CC(C)C2)nc2sccn12. The second-order valence-corrected chi connectivity index (χ2v) is 6.94. The minimum absolute atomic E-state index is 0.755. The van der Waals surface area contributed by atoms with Crippen molar-refractivity contribution in [2.45, 2.75) is 33.7 Å². The van der Waals surface area contributed by atoms with Gasteiger partial charge in [-0.3, -0.25) is 4.40 Å². The third-order valence-electron chi connectivity index (χ3n) is 4.05. The molecule has 110 valence electrons. The summed E-state index contributed by atoms with van der Waals surface area (Å²) >= 11 is 1.72. The molecule has 2 unspecified atom stereocenters. The van der Waals surface area contributed by atoms with Gasteiger partial charge in [-0.15, -0.1) is 11.3 Å². The molecule has 1 aliphatic heterocycles. The summed E-state index contributed by atoms with van der Waals surface area (Å²) in [6.45, 7) is 11.0. The molecule has 0 radical (unpaired) electrons. The van der Waals surface area contributed by atoms with E-state index in [1.54, 1.807) is 11.3 Å². The minimum Gasteiger partial charge on any atom is -0.354 e. The van der Waals surface area contributed by atoms with Crippen LogP contribution in [0, 0.1) is 11.8 Å². The fourth-order valence-corrected chi connectivity index (χ4v) is 4.05. The van der Waals surface area contributed by atoms with Crippen LogP contribution in [0.1, 0.15) is 32.9 Å². The molecule has 1 N–H and O–H groups in total. The average molecular weight is 292 g/mol. The van der Waals surface area contributed by atoms with E-state index in [4.69, 9.17) is 4.98 Å². The first-order chi connectivity index (χ1) is 9.69. The predicted octanol–water partition coefficient (Wildman–Crippen LogP) is 2.99. The number of nitrogens with one attached hydrogen (secondary N) is 1. The van der Waals surface area contributed by atoms with E-state index in [1.165, 1.54) is 17.9 Å². The van der Waals surface area contributed by atoms with Crippen LogP contribution in [0.2, 0.25) is 0 Å². The van der Waals surface area contributed by atoms with Crippen molar-refractivity contribution in [2.24, 2.45) is 11.8 Å². The topological polar surface area (TPSA) is 32.6 Å². The van der Waals surface area contributed by atoms with Gasteiger partial charge in [0.2, 0.25) is 0 Å². The summed E-state index contributed by atoms with van der Waals surface area (Å²) in [5, 5.41) is 5.57. The monoisotopic (exact) mass is 292 g/mol. The summed E-state index contributed by atoms with van der Waals surface area (Å²) in [4.78, 5) is 8.49. The van der Waals surface area contributed by atoms with Gasteiger partial charge in [-0.1, -0.05) is 20.8 Å². The first kappa shape index (κ1) is 13.9. The van der Waals surface area contributed by atoms with E-state index in [2.05, 4.69) is 47.0 Å². The molecule has 2 atom stereocenters. The van der Waals surface area contributed by atoms with Crippen molar-refractivity contribution in [3.05, 3.63) is 17.3 Å². The average Bonchev–Trinajstić information content (AvgIpc) is 2.95. The van der Waals surface area contributed by atoms with Gasteiger partial charge in [0.25, 0.3) is 0 Å². The van der Waals surface area contributed by atoms with E-state index in [0.29, 0.717) is 0 Å². The van der Waals surface area contributed by atoms with Gasteiger partial charge in [-0.25, -0.2) is 4.98 Å². The van der Waals surface area contributed by atoms with Gasteiger partial charge in [0.1, 0.15) is 0 Å². The van der Waals surface area contributed by atoms with E-state index >= 15 is 0 Å². The quantitative estimate of drug-likeness (QED) is 0.940. The molecule has 2 aromatic rings. The van der Waals surface area contributed by atoms with Gasteiger partial charge in [-0.2, -0.15) is 0 Å². The fraction of sp³-hybridized carbons (Fsp3) is 0.667. The highest BCUT2D eigenvalue weighted by Crippen LogP contribution is 2.30. The number of fused-ring (bicyclic) bond motifs is 1. The predicted molar refractivity (Wildman–Crippen MR) is 85.6 cm³/mol. The van der Waals surface area contributed by atoms with Crippen LogP contribution in [0.25, 0.3) is 4.96 Å². The Bertz CT molecular complexity index is 563. The second kappa shape index (κ2) is 5.74. The van der Waals surface area contributed by atoms with E-state index in [0.717, 1.165) is 43.0 Å². The first-order valence-electron chi connectivity index (χ1n) is 7.59. The van der Waals surface area contributed by atoms with Crippen LogP contribution in [-0.2, 0) is 6.54 Å². The van der Waals surface area contributed by atoms with Crippen molar-refractivity contribution in [1.29, 1.82) is 0 Å². The lowest BCUT2D eigenvalue weighted by Crippen LogP contribution is -2.39. The standard InChI is InChI=1S/C15H24N4S/c1-4-16-8-13-14(17-15-19(13)5-6-20-15)18-9-11(2)7-12(3)10-18/h5-6,11-12,16H,4,7-10H2,1-3H3. The van der Waals surface area contributed by atoms with E-state index in [1.807, 2.05) is 0 Å². The van der Waals surface area contributed by atoms with Crippen molar-refractivity contribution in [3.63, 3.8) is 0 Å². The number of imidazole rings is 1. The zero-order valence-electron chi connectivity index (χ0n) is 12.6. The maximum absolute atomic E-state index is 4.89. The summed E-state index contributed by atoms with van der Waals surface area (Å²) in [6, 6.07) is 0. The number of thiazole rings is 1. The fourth-order valence-electron chi connectivity index (χ4n) is 3.32. The number of rotatable bonds is 4. The lowest BCUT2D eigenvalue weighted by Gasteiger charge is -2.35. The Labute approximate surface area is 124 Å². The van der Waals surface area contributed by atoms with Crippen LogP contribution in [0.5, 0.6) is 0 Å². The Morgan fingerprint density at radius 3 is 2.80 bits per heavy atom. The van der Waals surface area contributed by atoms with Crippen LogP contribution >= 0.6 is 11.3 Å². The largest absolute Gasteiger partial charge is 0.354 e. The zero-order chi connectivity index (χ0) is 14.1. The van der Waals surface area contributed by atoms with Crippen molar-refractivity contribution in [2.75, 3.05) is 24.5 Å². The van der Waals surface area contributed by atoms with Crippen LogP contribution in [0.4, 0.5) is 5.82 Å². The first-order valence-corrected chi connectivity index (χ1v) is 8.47. The Hall–Kier alpha value is -1.07. The van der Waals surface area contributed by atoms with Gasteiger partial charge in [0.05, 0.1) is 5.69 Å². The van der Waals surface area contributed by atoms with Crippen molar-refractivity contribution < 1.29 is 0 Å². The minimum atomic E-state index is 0.755. The Kier molecular flexibility index (Phi) is 3.98. The van der Waals surface area contributed by atoms with Gasteiger partial charge in [0, 0.05) is 31.2 Å². The molecular formula is C15H24N4S. The normalized spacial score (nSPS) is 23.6. The third-order valence-corrected chi connectivity index (χ3v) is 4.81. The number of hydrogen-bond acceptors (Lipinski definition) is 4. The molecule has 0 aromatic carbocycles. The molecule has 1 aliphatic rings. The second-order valence-electron chi connectivity index (χ2n) is 6.07. The Balaban J connectivity index is 1.94. The number of anilines is 1. The molecule has 0 saturated carbocycles. The van der Waals surface area contributed by atoms with Gasteiger partial charge >= 0.3 is 0 Å². The number of aromatic nitrogens is 2. The zero-order valence-corrected chi connectivity index (χ0v) is 13.4. The highest BCUT2D eigenvalue weighted by molar-refractivity contribution is 7.15. The Morgan fingerprint density at radius 1 is 1.35 bits per heavy atom. The van der Waals surface area contributed by atoms with Crippen molar-refractivity contribution in [3.8, 4) is 0 Å². The van der Waals surface area contributed by atoms with Crippen molar-refractivity contribution in [1.82, 2.24) is 14.7 Å². The van der Waals surface area contributed by atoms with E-state index in [-0.39, 0.29) is 0 Å². The summed E-state index contributed by atoms with van der Waals surface area (Å²) in [6.07, 6.45) is 3.47. The molecule has 0 spiro atoms. The lowest BCUT2D eigenvalue weighted by atomic mass is 9.92. The van der Waals surface area contributed by atoms with E-state index < -0.39 is 0 Å². The van der Waals surface area contributed by atoms with Crippen LogP contribution in [0.15, 0.2) is 11.6 Å². The van der Waals surface area contributed by atoms with Gasteiger partial charge in [0.15, 0.2) is 10.8 Å². The molecule has 2 aromatic heterocycles. The molecule has 3 rings (SSSR count). The maximum atomic E-state index is 4.89. The van der Waals surface area contributed by atoms with E-state index in [9.17, 15) is 0 Å². The summed E-state index contributed by atoms with van der Waals surface area (Å²) < 4.78 is 2.24. The smallest absolute Gasteiger partial charge is 0.195 e. The highest BCUT2D eigenvalue weighted by atomic mass is 32.1. The molecule has 1 saturated heterocycles. The van der Waals surface area contributed by atoms with Crippen LogP contribution in [0.3, 0.4) is 0 Å². The van der Waals surface area contributed by atoms with Crippen LogP contribution < -0.4 is 10.2 Å². The molecule has 20 heavy (non-hydrogen) atoms. The highest BCUT2D eigenvalue weighted by Gasteiger charge is 2.26. The lowest BCUT2D eigenvalue weighted by molar-refractivity contribution is 0.355. The van der Waals surface area contributed by atoms with Gasteiger partial charge < -0.3 is 10.2 Å². The van der Waals surface area contributed by atoms with Crippen LogP contribution in [-0.4, -0.2) is 29.0 Å². The number of piperidine rings is 1. The van der Waals surface area contributed by atoms with Crippen molar-refractivity contribution >= 4 is 22.1 Å². The molecule has 0 amide bonds. The Morgan fingerprint density at radius 2 is 2.10 bits per heavy atom. The summed E-state index contributed by atoms with van der Waals surface area (Å²) in [7, 11) is 0.